The molecule has 1 atom stereocenters. The van der Waals surface area contributed by atoms with Gasteiger partial charge in [-0.05, 0) is 24.1 Å². The number of halogens is 3. The molecule has 0 aromatic heterocycles. The van der Waals surface area contributed by atoms with Gasteiger partial charge in [0.05, 0.1) is 5.56 Å². The Morgan fingerprint density at radius 3 is 2.71 bits per heavy atom. The van der Waals surface area contributed by atoms with Crippen molar-refractivity contribution in [2.45, 2.75) is 25.7 Å². The van der Waals surface area contributed by atoms with Gasteiger partial charge in [-0.3, -0.25) is 0 Å². The molecule has 1 aliphatic heterocycles. The molecule has 4 heteroatoms. The largest absolute Gasteiger partial charge is 0.416 e. The Morgan fingerprint density at radius 2 is 2.07 bits per heavy atom. The van der Waals surface area contributed by atoms with E-state index in [1.54, 1.807) is 13.0 Å². The maximum absolute atomic E-state index is 12.6. The summed E-state index contributed by atoms with van der Waals surface area (Å²) in [5.41, 5.74) is 0.653. The van der Waals surface area contributed by atoms with Gasteiger partial charge in [-0.15, -0.1) is 0 Å². The highest BCUT2D eigenvalue weighted by Gasteiger charge is 2.36. The summed E-state index contributed by atoms with van der Waals surface area (Å²) in [6.45, 7) is 2.28. The first-order valence-corrected chi connectivity index (χ1v) is 4.42. The molecular formula is C10H10F3N. The first-order chi connectivity index (χ1) is 6.50. The van der Waals surface area contributed by atoms with Crippen molar-refractivity contribution in [3.8, 4) is 0 Å². The fraction of sp³-hybridized carbons (Fsp3) is 0.400. The molecule has 0 spiro atoms. The van der Waals surface area contributed by atoms with Crippen LogP contribution in [-0.2, 0) is 12.7 Å². The number of hydrogen-bond acceptors (Lipinski definition) is 1. The zero-order valence-corrected chi connectivity index (χ0v) is 7.65. The molecule has 1 aromatic rings. The van der Waals surface area contributed by atoms with Crippen LogP contribution < -0.4 is 5.32 Å². The fourth-order valence-electron chi connectivity index (χ4n) is 1.89. The SMILES string of the molecule is C[C@H]1NCc2cccc(C(F)(F)F)c21. The van der Waals surface area contributed by atoms with Gasteiger partial charge in [0.1, 0.15) is 0 Å². The predicted molar refractivity (Wildman–Crippen MR) is 46.7 cm³/mol. The third-order valence-corrected chi connectivity index (χ3v) is 2.53. The molecule has 0 radical (unpaired) electrons. The number of alkyl halides is 3. The maximum Gasteiger partial charge on any atom is 0.416 e. The quantitative estimate of drug-likeness (QED) is 0.680. The number of rotatable bonds is 0. The molecule has 0 fully saturated rings. The molecule has 1 nitrogen and oxygen atoms in total. The molecule has 0 unspecified atom stereocenters. The van der Waals surface area contributed by atoms with Gasteiger partial charge in [-0.1, -0.05) is 12.1 Å². The molecular weight excluding hydrogens is 191 g/mol. The van der Waals surface area contributed by atoms with Crippen molar-refractivity contribution in [2.75, 3.05) is 0 Å². The smallest absolute Gasteiger partial charge is 0.306 e. The molecule has 1 aliphatic rings. The van der Waals surface area contributed by atoms with Crippen molar-refractivity contribution in [3.63, 3.8) is 0 Å². The number of fused-ring (bicyclic) bond motifs is 1. The highest BCUT2D eigenvalue weighted by Crippen LogP contribution is 2.38. The third kappa shape index (κ3) is 1.39. The van der Waals surface area contributed by atoms with Gasteiger partial charge in [0, 0.05) is 12.6 Å². The monoisotopic (exact) mass is 201 g/mol. The second kappa shape index (κ2) is 2.98. The van der Waals surface area contributed by atoms with Gasteiger partial charge in [0.15, 0.2) is 0 Å². The van der Waals surface area contributed by atoms with E-state index >= 15 is 0 Å². The molecule has 76 valence electrons. The summed E-state index contributed by atoms with van der Waals surface area (Å²) in [6, 6.07) is 4.13. The van der Waals surface area contributed by atoms with E-state index in [2.05, 4.69) is 5.32 Å². The molecule has 14 heavy (non-hydrogen) atoms. The third-order valence-electron chi connectivity index (χ3n) is 2.53. The summed E-state index contributed by atoms with van der Waals surface area (Å²) in [6.07, 6.45) is -4.24. The summed E-state index contributed by atoms with van der Waals surface area (Å²) in [4.78, 5) is 0. The Hall–Kier alpha value is -1.03. The van der Waals surface area contributed by atoms with Crippen molar-refractivity contribution >= 4 is 0 Å². The molecule has 0 saturated heterocycles. The maximum atomic E-state index is 12.6. The van der Waals surface area contributed by atoms with Gasteiger partial charge in [-0.2, -0.15) is 13.2 Å². The summed E-state index contributed by atoms with van der Waals surface area (Å²) in [5, 5.41) is 3.00. The standard InChI is InChI=1S/C10H10F3N/c1-6-9-7(5-14-6)3-2-4-8(9)10(11,12)13/h2-4,6,14H,5H2,1H3/t6-/m1/s1. The zero-order valence-electron chi connectivity index (χ0n) is 7.65. The van der Waals surface area contributed by atoms with E-state index in [4.69, 9.17) is 0 Å². The fourth-order valence-corrected chi connectivity index (χ4v) is 1.89. The van der Waals surface area contributed by atoms with Crippen molar-refractivity contribution in [3.05, 3.63) is 34.9 Å². The van der Waals surface area contributed by atoms with Crippen molar-refractivity contribution in [1.82, 2.24) is 5.32 Å². The second-order valence-corrected chi connectivity index (χ2v) is 3.48. The molecule has 0 aliphatic carbocycles. The van der Waals surface area contributed by atoms with E-state index < -0.39 is 11.7 Å². The van der Waals surface area contributed by atoms with Gasteiger partial charge >= 0.3 is 6.18 Å². The minimum atomic E-state index is -4.24. The number of benzene rings is 1. The lowest BCUT2D eigenvalue weighted by atomic mass is 9.99. The number of hydrogen-bond donors (Lipinski definition) is 1. The average molecular weight is 201 g/mol. The van der Waals surface area contributed by atoms with Crippen LogP contribution in [0.2, 0.25) is 0 Å². The molecule has 1 aromatic carbocycles. The first-order valence-electron chi connectivity index (χ1n) is 4.42. The Morgan fingerprint density at radius 1 is 1.36 bits per heavy atom. The van der Waals surface area contributed by atoms with Crippen molar-refractivity contribution in [2.24, 2.45) is 0 Å². The molecule has 0 amide bonds. The van der Waals surface area contributed by atoms with Crippen molar-refractivity contribution in [1.29, 1.82) is 0 Å². The normalized spacial score (nSPS) is 21.0. The first kappa shape index (κ1) is 9.52. The molecule has 0 bridgehead atoms. The molecule has 1 N–H and O–H groups in total. The Balaban J connectivity index is 2.58. The Kier molecular flexibility index (Phi) is 2.03. The van der Waals surface area contributed by atoms with E-state index in [1.165, 1.54) is 6.07 Å². The van der Waals surface area contributed by atoms with Crippen LogP contribution in [0.4, 0.5) is 13.2 Å². The molecule has 0 saturated carbocycles. The van der Waals surface area contributed by atoms with Crippen LogP contribution >= 0.6 is 0 Å². The van der Waals surface area contributed by atoms with Crippen LogP contribution in [0.5, 0.6) is 0 Å². The second-order valence-electron chi connectivity index (χ2n) is 3.48. The summed E-state index contributed by atoms with van der Waals surface area (Å²) >= 11 is 0. The lowest BCUT2D eigenvalue weighted by molar-refractivity contribution is -0.138. The summed E-state index contributed by atoms with van der Waals surface area (Å²) in [5.74, 6) is 0. The van der Waals surface area contributed by atoms with Crippen LogP contribution in [0, 0.1) is 0 Å². The highest BCUT2D eigenvalue weighted by atomic mass is 19.4. The minimum Gasteiger partial charge on any atom is -0.306 e. The van der Waals surface area contributed by atoms with Crippen molar-refractivity contribution < 1.29 is 13.2 Å². The van der Waals surface area contributed by atoms with Crippen LogP contribution in [0.1, 0.15) is 29.7 Å². The highest BCUT2D eigenvalue weighted by molar-refractivity contribution is 5.41. The van der Waals surface area contributed by atoms with E-state index in [0.717, 1.165) is 11.6 Å². The van der Waals surface area contributed by atoms with E-state index in [9.17, 15) is 13.2 Å². The van der Waals surface area contributed by atoms with Gasteiger partial charge in [-0.25, -0.2) is 0 Å². The summed E-state index contributed by atoms with van der Waals surface area (Å²) < 4.78 is 37.8. The zero-order chi connectivity index (χ0) is 10.3. The van der Waals surface area contributed by atoms with Crippen LogP contribution in [0.3, 0.4) is 0 Å². The number of nitrogens with one attached hydrogen (secondary N) is 1. The topological polar surface area (TPSA) is 12.0 Å². The van der Waals surface area contributed by atoms with E-state index in [1.807, 2.05) is 0 Å². The van der Waals surface area contributed by atoms with Gasteiger partial charge in [0.2, 0.25) is 0 Å². The van der Waals surface area contributed by atoms with Gasteiger partial charge in [0.25, 0.3) is 0 Å². The van der Waals surface area contributed by atoms with Crippen LogP contribution in [-0.4, -0.2) is 0 Å². The average Bonchev–Trinajstić information content (AvgIpc) is 2.46. The summed E-state index contributed by atoms with van der Waals surface area (Å²) in [7, 11) is 0. The molecule has 1 heterocycles. The minimum absolute atomic E-state index is 0.206. The van der Waals surface area contributed by atoms with E-state index in [-0.39, 0.29) is 6.04 Å². The van der Waals surface area contributed by atoms with Gasteiger partial charge < -0.3 is 5.32 Å². The predicted octanol–water partition coefficient (Wildman–Crippen LogP) is 2.87. The lowest BCUT2D eigenvalue weighted by Gasteiger charge is -2.14. The Bertz CT molecular complexity index is 357. The molecule has 2 rings (SSSR count). The van der Waals surface area contributed by atoms with Crippen LogP contribution in [0.15, 0.2) is 18.2 Å². The van der Waals surface area contributed by atoms with Crippen LogP contribution in [0.25, 0.3) is 0 Å². The lowest BCUT2D eigenvalue weighted by Crippen LogP contribution is -2.13. The van der Waals surface area contributed by atoms with E-state index in [0.29, 0.717) is 12.1 Å². The Labute approximate surface area is 79.9 Å².